The maximum Gasteiger partial charge on any atom is 0.225 e. The van der Waals surface area contributed by atoms with Crippen LogP contribution in [0.25, 0.3) is 11.4 Å². The summed E-state index contributed by atoms with van der Waals surface area (Å²) in [7, 11) is 0. The molecule has 1 amide bonds. The number of hydrogen-bond donors (Lipinski definition) is 0. The van der Waals surface area contributed by atoms with E-state index in [9.17, 15) is 4.79 Å². The van der Waals surface area contributed by atoms with Gasteiger partial charge in [-0.1, -0.05) is 30.3 Å². The predicted molar refractivity (Wildman–Crippen MR) is 93.4 cm³/mol. The molecule has 0 bridgehead atoms. The first-order valence-electron chi connectivity index (χ1n) is 8.89. The smallest absolute Gasteiger partial charge is 0.225 e. The molecule has 2 aliphatic rings. The molecule has 1 aromatic carbocycles. The Bertz CT molecular complexity index is 684. The minimum Gasteiger partial charge on any atom is -0.340 e. The normalized spacial score (nSPS) is 18.8. The molecule has 1 saturated heterocycles. The topological polar surface area (TPSA) is 41.4 Å². The number of benzene rings is 1. The van der Waals surface area contributed by atoms with Crippen LogP contribution in [0.15, 0.2) is 42.7 Å². The summed E-state index contributed by atoms with van der Waals surface area (Å²) in [6.45, 7) is 5.65. The lowest BCUT2D eigenvalue weighted by Crippen LogP contribution is -2.49. The number of piperazine rings is 1. The van der Waals surface area contributed by atoms with E-state index in [1.807, 2.05) is 24.4 Å². The van der Waals surface area contributed by atoms with Crippen LogP contribution in [0.3, 0.4) is 0 Å². The SMILES string of the molecule is O=C(C1CC1)N1CCN(CCn2ccnc2-c2ccccc2)CC1. The molecule has 1 aromatic heterocycles. The monoisotopic (exact) mass is 324 g/mol. The van der Waals surface area contributed by atoms with E-state index in [1.165, 1.54) is 0 Å². The lowest BCUT2D eigenvalue weighted by atomic mass is 10.2. The predicted octanol–water partition coefficient (Wildman–Crippen LogP) is 2.10. The molecule has 0 atom stereocenters. The maximum atomic E-state index is 12.1. The second-order valence-corrected chi connectivity index (χ2v) is 6.75. The highest BCUT2D eigenvalue weighted by Crippen LogP contribution is 2.31. The quantitative estimate of drug-likeness (QED) is 0.846. The van der Waals surface area contributed by atoms with Crippen LogP contribution in [-0.2, 0) is 11.3 Å². The van der Waals surface area contributed by atoms with Crippen molar-refractivity contribution in [3.05, 3.63) is 42.7 Å². The van der Waals surface area contributed by atoms with Crippen LogP contribution in [-0.4, -0.2) is 58.0 Å². The summed E-state index contributed by atoms with van der Waals surface area (Å²) >= 11 is 0. The second-order valence-electron chi connectivity index (χ2n) is 6.75. The van der Waals surface area contributed by atoms with Gasteiger partial charge >= 0.3 is 0 Å². The molecule has 0 radical (unpaired) electrons. The third-order valence-corrected chi connectivity index (χ3v) is 5.02. The molecule has 1 aliphatic carbocycles. The summed E-state index contributed by atoms with van der Waals surface area (Å²) in [5.74, 6) is 1.75. The number of amides is 1. The summed E-state index contributed by atoms with van der Waals surface area (Å²) in [4.78, 5) is 21.1. The number of aromatic nitrogens is 2. The van der Waals surface area contributed by atoms with E-state index in [0.29, 0.717) is 11.8 Å². The zero-order chi connectivity index (χ0) is 16.4. The summed E-state index contributed by atoms with van der Waals surface area (Å²) in [5, 5.41) is 0. The zero-order valence-corrected chi connectivity index (χ0v) is 14.0. The van der Waals surface area contributed by atoms with Crippen molar-refractivity contribution in [1.82, 2.24) is 19.4 Å². The van der Waals surface area contributed by atoms with Gasteiger partial charge < -0.3 is 9.47 Å². The van der Waals surface area contributed by atoms with Crippen LogP contribution in [0.2, 0.25) is 0 Å². The van der Waals surface area contributed by atoms with Gasteiger partial charge in [0.2, 0.25) is 5.91 Å². The molecule has 126 valence electrons. The molecule has 0 spiro atoms. The molecular weight excluding hydrogens is 300 g/mol. The molecule has 24 heavy (non-hydrogen) atoms. The molecule has 0 N–H and O–H groups in total. The standard InChI is InChI=1S/C19H24N4O/c24-19(17-6-7-17)23-14-11-21(12-15-23)10-13-22-9-8-20-18(22)16-4-2-1-3-5-16/h1-5,8-9,17H,6-7,10-15H2. The van der Waals surface area contributed by atoms with Gasteiger partial charge in [0.05, 0.1) is 0 Å². The third kappa shape index (κ3) is 3.36. The molecule has 1 aliphatic heterocycles. The van der Waals surface area contributed by atoms with Crippen molar-refractivity contribution in [2.45, 2.75) is 19.4 Å². The molecule has 0 unspecified atom stereocenters. The van der Waals surface area contributed by atoms with Gasteiger partial charge in [-0.15, -0.1) is 0 Å². The summed E-state index contributed by atoms with van der Waals surface area (Å²) < 4.78 is 2.22. The highest BCUT2D eigenvalue weighted by atomic mass is 16.2. The molecule has 5 nitrogen and oxygen atoms in total. The summed E-state index contributed by atoms with van der Waals surface area (Å²) in [5.41, 5.74) is 1.15. The van der Waals surface area contributed by atoms with Gasteiger partial charge in [-0.25, -0.2) is 4.98 Å². The Morgan fingerprint density at radius 3 is 2.50 bits per heavy atom. The average molecular weight is 324 g/mol. The Morgan fingerprint density at radius 2 is 1.79 bits per heavy atom. The average Bonchev–Trinajstić information content (AvgIpc) is 3.38. The van der Waals surface area contributed by atoms with Crippen LogP contribution in [0, 0.1) is 5.92 Å². The van der Waals surface area contributed by atoms with Crippen LogP contribution in [0.1, 0.15) is 12.8 Å². The molecule has 4 rings (SSSR count). The van der Waals surface area contributed by atoms with Crippen LogP contribution in [0.5, 0.6) is 0 Å². The van der Waals surface area contributed by atoms with E-state index in [1.54, 1.807) is 0 Å². The highest BCUT2D eigenvalue weighted by Gasteiger charge is 2.34. The van der Waals surface area contributed by atoms with Crippen molar-refractivity contribution in [2.75, 3.05) is 32.7 Å². The Morgan fingerprint density at radius 1 is 1.04 bits per heavy atom. The van der Waals surface area contributed by atoms with E-state index in [0.717, 1.165) is 63.5 Å². The van der Waals surface area contributed by atoms with Gasteiger partial charge in [0.1, 0.15) is 5.82 Å². The number of rotatable bonds is 5. The molecule has 5 heteroatoms. The van der Waals surface area contributed by atoms with E-state index < -0.39 is 0 Å². The highest BCUT2D eigenvalue weighted by molar-refractivity contribution is 5.81. The summed E-state index contributed by atoms with van der Waals surface area (Å²) in [6.07, 6.45) is 6.12. The number of carbonyl (C=O) groups is 1. The molecule has 2 fully saturated rings. The first-order valence-corrected chi connectivity index (χ1v) is 8.89. The van der Waals surface area contributed by atoms with Crippen LogP contribution in [0.4, 0.5) is 0 Å². The fraction of sp³-hybridized carbons (Fsp3) is 0.474. The number of hydrogen-bond acceptors (Lipinski definition) is 3. The Labute approximate surface area is 142 Å². The molecule has 2 heterocycles. The first kappa shape index (κ1) is 15.4. The van der Waals surface area contributed by atoms with E-state index in [4.69, 9.17) is 0 Å². The zero-order valence-electron chi connectivity index (χ0n) is 14.0. The van der Waals surface area contributed by atoms with Crippen LogP contribution >= 0.6 is 0 Å². The molecule has 2 aromatic rings. The van der Waals surface area contributed by atoms with Gasteiger partial charge in [0.25, 0.3) is 0 Å². The van der Waals surface area contributed by atoms with Crippen LogP contribution < -0.4 is 0 Å². The van der Waals surface area contributed by atoms with Crippen molar-refractivity contribution in [3.63, 3.8) is 0 Å². The minimum absolute atomic E-state index is 0.343. The van der Waals surface area contributed by atoms with Crippen molar-refractivity contribution in [2.24, 2.45) is 5.92 Å². The Kier molecular flexibility index (Phi) is 4.34. The lowest BCUT2D eigenvalue weighted by molar-refractivity contribution is -0.134. The van der Waals surface area contributed by atoms with E-state index in [-0.39, 0.29) is 0 Å². The minimum atomic E-state index is 0.343. The fourth-order valence-corrected chi connectivity index (χ4v) is 3.37. The van der Waals surface area contributed by atoms with Crippen molar-refractivity contribution in [3.8, 4) is 11.4 Å². The fourth-order valence-electron chi connectivity index (χ4n) is 3.37. The van der Waals surface area contributed by atoms with E-state index in [2.05, 4.69) is 37.7 Å². The number of imidazole rings is 1. The Hall–Kier alpha value is -2.14. The first-order chi connectivity index (χ1) is 11.8. The molecular formula is C19H24N4O. The second kappa shape index (κ2) is 6.77. The third-order valence-electron chi connectivity index (χ3n) is 5.02. The maximum absolute atomic E-state index is 12.1. The summed E-state index contributed by atoms with van der Waals surface area (Å²) in [6, 6.07) is 10.3. The lowest BCUT2D eigenvalue weighted by Gasteiger charge is -2.35. The van der Waals surface area contributed by atoms with Gasteiger partial charge in [-0.2, -0.15) is 0 Å². The van der Waals surface area contributed by atoms with Crippen molar-refractivity contribution >= 4 is 5.91 Å². The van der Waals surface area contributed by atoms with Gasteiger partial charge in [0.15, 0.2) is 0 Å². The van der Waals surface area contributed by atoms with Gasteiger partial charge in [-0.3, -0.25) is 9.69 Å². The van der Waals surface area contributed by atoms with Gasteiger partial charge in [0, 0.05) is 63.1 Å². The molecule has 1 saturated carbocycles. The largest absolute Gasteiger partial charge is 0.340 e. The van der Waals surface area contributed by atoms with Gasteiger partial charge in [-0.05, 0) is 12.8 Å². The van der Waals surface area contributed by atoms with Crippen molar-refractivity contribution in [1.29, 1.82) is 0 Å². The Balaban J connectivity index is 1.31. The number of nitrogens with zero attached hydrogens (tertiary/aromatic N) is 4. The number of carbonyl (C=O) groups excluding carboxylic acids is 1. The van der Waals surface area contributed by atoms with Crippen molar-refractivity contribution < 1.29 is 4.79 Å². The van der Waals surface area contributed by atoms with E-state index >= 15 is 0 Å².